The van der Waals surface area contributed by atoms with Gasteiger partial charge in [0.15, 0.2) is 6.61 Å². The van der Waals surface area contributed by atoms with Gasteiger partial charge < -0.3 is 19.7 Å². The Hall–Kier alpha value is -3.35. The molecule has 1 N–H and O–H groups in total. The van der Waals surface area contributed by atoms with Crippen molar-refractivity contribution in [1.29, 1.82) is 0 Å². The summed E-state index contributed by atoms with van der Waals surface area (Å²) in [5, 5.41) is 2.46. The SMILES string of the molecule is O=C(COc1ccccc1)NCC(=O)O[C@H](C(=O)N1CCCCC1)c1ccccc1. The fraction of sp³-hybridized carbons (Fsp3) is 0.348. The fourth-order valence-corrected chi connectivity index (χ4v) is 3.23. The number of esters is 1. The van der Waals surface area contributed by atoms with Crippen molar-refractivity contribution in [2.75, 3.05) is 26.2 Å². The lowest BCUT2D eigenvalue weighted by molar-refractivity contribution is -0.161. The average molecular weight is 410 g/mol. The van der Waals surface area contributed by atoms with E-state index in [4.69, 9.17) is 9.47 Å². The zero-order valence-electron chi connectivity index (χ0n) is 16.8. The molecule has 1 fully saturated rings. The van der Waals surface area contributed by atoms with Crippen LogP contribution < -0.4 is 10.1 Å². The zero-order chi connectivity index (χ0) is 21.2. The molecule has 3 rings (SSSR count). The number of carbonyl (C=O) groups is 3. The van der Waals surface area contributed by atoms with Gasteiger partial charge in [-0.15, -0.1) is 0 Å². The molecule has 2 aromatic rings. The largest absolute Gasteiger partial charge is 0.484 e. The van der Waals surface area contributed by atoms with Crippen LogP contribution in [0.15, 0.2) is 60.7 Å². The smallest absolute Gasteiger partial charge is 0.326 e. The van der Waals surface area contributed by atoms with Crippen LogP contribution in [-0.4, -0.2) is 48.9 Å². The number of benzene rings is 2. The van der Waals surface area contributed by atoms with Gasteiger partial charge in [-0.2, -0.15) is 0 Å². The minimum atomic E-state index is -1.02. The molecule has 0 aliphatic carbocycles. The molecule has 0 spiro atoms. The molecule has 158 valence electrons. The lowest BCUT2D eigenvalue weighted by Gasteiger charge is -2.30. The lowest BCUT2D eigenvalue weighted by atomic mass is 10.1. The van der Waals surface area contributed by atoms with Crippen LogP contribution in [0.5, 0.6) is 5.75 Å². The van der Waals surface area contributed by atoms with E-state index in [2.05, 4.69) is 5.32 Å². The molecule has 0 bridgehead atoms. The third-order valence-corrected chi connectivity index (χ3v) is 4.79. The summed E-state index contributed by atoms with van der Waals surface area (Å²) in [6.07, 6.45) is 1.96. The summed E-state index contributed by atoms with van der Waals surface area (Å²) in [7, 11) is 0. The molecule has 1 heterocycles. The second kappa shape index (κ2) is 11.0. The Labute approximate surface area is 176 Å². The van der Waals surface area contributed by atoms with Crippen molar-refractivity contribution >= 4 is 17.8 Å². The first-order chi connectivity index (χ1) is 14.6. The van der Waals surface area contributed by atoms with Gasteiger partial charge in [0.25, 0.3) is 11.8 Å². The average Bonchev–Trinajstić information content (AvgIpc) is 2.81. The molecule has 1 atom stereocenters. The molecule has 0 saturated carbocycles. The molecule has 0 radical (unpaired) electrons. The van der Waals surface area contributed by atoms with Gasteiger partial charge in [0.2, 0.25) is 6.10 Å². The van der Waals surface area contributed by atoms with Gasteiger partial charge in [-0.3, -0.25) is 14.4 Å². The summed E-state index contributed by atoms with van der Waals surface area (Å²) in [6, 6.07) is 17.8. The number of hydrogen-bond donors (Lipinski definition) is 1. The topological polar surface area (TPSA) is 84.9 Å². The minimum absolute atomic E-state index is 0.216. The molecule has 0 unspecified atom stereocenters. The summed E-state index contributed by atoms with van der Waals surface area (Å²) < 4.78 is 10.8. The number of nitrogens with one attached hydrogen (secondary N) is 1. The summed E-state index contributed by atoms with van der Waals surface area (Å²) in [4.78, 5) is 39.0. The normalized spacial score (nSPS) is 14.5. The second-order valence-corrected chi connectivity index (χ2v) is 7.04. The van der Waals surface area contributed by atoms with Gasteiger partial charge in [-0.1, -0.05) is 48.5 Å². The summed E-state index contributed by atoms with van der Waals surface area (Å²) in [5.41, 5.74) is 0.611. The molecule has 1 saturated heterocycles. The van der Waals surface area contributed by atoms with Crippen molar-refractivity contribution < 1.29 is 23.9 Å². The maximum Gasteiger partial charge on any atom is 0.326 e. The number of piperidine rings is 1. The van der Waals surface area contributed by atoms with Crippen LogP contribution in [0.25, 0.3) is 0 Å². The monoisotopic (exact) mass is 410 g/mol. The van der Waals surface area contributed by atoms with Crippen LogP contribution in [0.2, 0.25) is 0 Å². The van der Waals surface area contributed by atoms with Gasteiger partial charge in [0, 0.05) is 18.7 Å². The Kier molecular flexibility index (Phi) is 7.83. The van der Waals surface area contributed by atoms with Crippen molar-refractivity contribution in [2.45, 2.75) is 25.4 Å². The highest BCUT2D eigenvalue weighted by atomic mass is 16.5. The van der Waals surface area contributed by atoms with Crippen molar-refractivity contribution in [1.82, 2.24) is 10.2 Å². The Morgan fingerprint density at radius 2 is 1.53 bits per heavy atom. The van der Waals surface area contributed by atoms with Crippen LogP contribution in [0.3, 0.4) is 0 Å². The molecule has 7 heteroatoms. The van der Waals surface area contributed by atoms with Crippen LogP contribution in [0, 0.1) is 0 Å². The van der Waals surface area contributed by atoms with E-state index in [1.54, 1.807) is 53.4 Å². The number of carbonyl (C=O) groups excluding carboxylic acids is 3. The molecule has 30 heavy (non-hydrogen) atoms. The van der Waals surface area contributed by atoms with E-state index in [1.165, 1.54) is 0 Å². The Morgan fingerprint density at radius 1 is 0.900 bits per heavy atom. The van der Waals surface area contributed by atoms with Gasteiger partial charge in [-0.05, 0) is 31.4 Å². The van der Waals surface area contributed by atoms with E-state index < -0.39 is 18.0 Å². The van der Waals surface area contributed by atoms with Gasteiger partial charge in [0.05, 0.1) is 0 Å². The molecular formula is C23H26N2O5. The summed E-state index contributed by atoms with van der Waals surface area (Å²) in [5.74, 6) is -0.795. The predicted octanol–water partition coefficient (Wildman–Crippen LogP) is 2.48. The maximum atomic E-state index is 13.0. The number of para-hydroxylation sites is 1. The first-order valence-electron chi connectivity index (χ1n) is 10.1. The van der Waals surface area contributed by atoms with Crippen molar-refractivity contribution in [3.63, 3.8) is 0 Å². The molecule has 2 amide bonds. The third kappa shape index (κ3) is 6.34. The van der Waals surface area contributed by atoms with Gasteiger partial charge in [0.1, 0.15) is 12.3 Å². The number of ether oxygens (including phenoxy) is 2. The highest BCUT2D eigenvalue weighted by Gasteiger charge is 2.30. The van der Waals surface area contributed by atoms with E-state index in [1.807, 2.05) is 12.1 Å². The predicted molar refractivity (Wildman–Crippen MR) is 111 cm³/mol. The number of nitrogens with zero attached hydrogens (tertiary/aromatic N) is 1. The number of rotatable bonds is 8. The second-order valence-electron chi connectivity index (χ2n) is 7.04. The molecule has 1 aliphatic heterocycles. The molecule has 2 aromatic carbocycles. The molecule has 7 nitrogen and oxygen atoms in total. The molecular weight excluding hydrogens is 384 g/mol. The van der Waals surface area contributed by atoms with Crippen LogP contribution in [-0.2, 0) is 19.1 Å². The number of amides is 2. The maximum absolute atomic E-state index is 13.0. The zero-order valence-corrected chi connectivity index (χ0v) is 16.8. The number of likely N-dealkylation sites (tertiary alicyclic amines) is 1. The highest BCUT2D eigenvalue weighted by molar-refractivity contribution is 5.87. The number of hydrogen-bond acceptors (Lipinski definition) is 5. The quantitative estimate of drug-likeness (QED) is 0.676. The van der Waals surface area contributed by atoms with Crippen molar-refractivity contribution in [3.8, 4) is 5.75 Å². The van der Waals surface area contributed by atoms with Crippen molar-refractivity contribution in [2.24, 2.45) is 0 Å². The van der Waals surface area contributed by atoms with E-state index >= 15 is 0 Å². The minimum Gasteiger partial charge on any atom is -0.484 e. The fourth-order valence-electron chi connectivity index (χ4n) is 3.23. The lowest BCUT2D eigenvalue weighted by Crippen LogP contribution is -2.41. The van der Waals surface area contributed by atoms with Crippen LogP contribution >= 0.6 is 0 Å². The van der Waals surface area contributed by atoms with Gasteiger partial charge in [-0.25, -0.2) is 0 Å². The molecule has 1 aliphatic rings. The third-order valence-electron chi connectivity index (χ3n) is 4.79. The summed E-state index contributed by atoms with van der Waals surface area (Å²) in [6.45, 7) is 0.764. The van der Waals surface area contributed by atoms with Crippen LogP contribution in [0.1, 0.15) is 30.9 Å². The Morgan fingerprint density at radius 3 is 2.20 bits per heavy atom. The summed E-state index contributed by atoms with van der Waals surface area (Å²) >= 11 is 0. The first-order valence-corrected chi connectivity index (χ1v) is 10.1. The van der Waals surface area contributed by atoms with E-state index in [0.717, 1.165) is 19.3 Å². The molecule has 0 aromatic heterocycles. The Balaban J connectivity index is 1.53. The standard InChI is InChI=1S/C23H26N2O5/c26-20(17-29-19-12-6-2-7-13-19)24-16-21(27)30-22(18-10-4-1-5-11-18)23(28)25-14-8-3-9-15-25/h1-2,4-7,10-13,22H,3,8-9,14-17H2,(H,24,26)/t22-/m0/s1. The van der Waals surface area contributed by atoms with Crippen molar-refractivity contribution in [3.05, 3.63) is 66.2 Å². The van der Waals surface area contributed by atoms with Gasteiger partial charge >= 0.3 is 5.97 Å². The van der Waals surface area contributed by atoms with E-state index in [9.17, 15) is 14.4 Å². The Bertz CT molecular complexity index is 835. The highest BCUT2D eigenvalue weighted by Crippen LogP contribution is 2.22. The first kappa shape index (κ1) is 21.4. The van der Waals surface area contributed by atoms with E-state index in [-0.39, 0.29) is 19.1 Å². The van der Waals surface area contributed by atoms with Crippen LogP contribution in [0.4, 0.5) is 0 Å². The van der Waals surface area contributed by atoms with E-state index in [0.29, 0.717) is 24.4 Å².